The highest BCUT2D eigenvalue weighted by Crippen LogP contribution is 2.40. The highest BCUT2D eigenvalue weighted by Gasteiger charge is 2.20. The molecule has 8 heteroatoms. The van der Waals surface area contributed by atoms with Crippen LogP contribution in [0.25, 0.3) is 16.8 Å². The third kappa shape index (κ3) is 4.11. The zero-order valence-corrected chi connectivity index (χ0v) is 16.1. The molecule has 0 fully saturated rings. The number of halogens is 1. The van der Waals surface area contributed by atoms with Crippen molar-refractivity contribution in [2.45, 2.75) is 13.3 Å². The van der Waals surface area contributed by atoms with Crippen LogP contribution in [-0.2, 0) is 4.79 Å². The van der Waals surface area contributed by atoms with Gasteiger partial charge in [-0.3, -0.25) is 4.79 Å². The van der Waals surface area contributed by atoms with Gasteiger partial charge in [-0.25, -0.2) is 4.39 Å². The Morgan fingerprint density at radius 3 is 2.50 bits per heavy atom. The average Bonchev–Trinajstić information content (AvgIpc) is 2.70. The molecule has 0 radical (unpaired) electrons. The zero-order valence-electron chi connectivity index (χ0n) is 16.1. The van der Waals surface area contributed by atoms with Crippen LogP contribution in [0.5, 0.6) is 11.5 Å². The lowest BCUT2D eigenvalue weighted by atomic mass is 9.97. The van der Waals surface area contributed by atoms with E-state index in [1.54, 1.807) is 24.3 Å². The van der Waals surface area contributed by atoms with Crippen LogP contribution >= 0.6 is 0 Å². The molecule has 7 nitrogen and oxygen atoms in total. The number of para-hydroxylation sites is 1. The lowest BCUT2D eigenvalue weighted by Gasteiger charge is -2.17. The number of amides is 1. The molecule has 0 bridgehead atoms. The number of benzene rings is 2. The summed E-state index contributed by atoms with van der Waals surface area (Å²) in [7, 11) is 2.85. The number of hydrogen-bond donors (Lipinski definition) is 4. The third-order valence-corrected chi connectivity index (χ3v) is 4.22. The number of ether oxygens (including phenoxy) is 2. The number of nitrogens with one attached hydrogen (secondary N) is 1. The number of carbonyl (C=O) groups is 1. The fourth-order valence-corrected chi connectivity index (χ4v) is 2.72. The van der Waals surface area contributed by atoms with Gasteiger partial charge in [-0.15, -0.1) is 0 Å². The molecular formula is C20H25FN4O3. The summed E-state index contributed by atoms with van der Waals surface area (Å²) in [6, 6.07) is 7.68. The molecule has 0 aliphatic heterocycles. The SMILES string of the molecule is CCCNC(=O)/C(N)=C(\N)c1cccc(-c2c(F)cc(OC)cc2OC)c1N. The van der Waals surface area contributed by atoms with Crippen molar-refractivity contribution in [3.63, 3.8) is 0 Å². The van der Waals surface area contributed by atoms with E-state index in [-0.39, 0.29) is 28.4 Å². The van der Waals surface area contributed by atoms with Crippen molar-refractivity contribution in [1.82, 2.24) is 5.32 Å². The first kappa shape index (κ1) is 20.9. The van der Waals surface area contributed by atoms with Crippen LogP contribution < -0.4 is 32.0 Å². The Morgan fingerprint density at radius 2 is 1.89 bits per heavy atom. The Morgan fingerprint density at radius 1 is 1.18 bits per heavy atom. The number of rotatable bonds is 7. The van der Waals surface area contributed by atoms with Gasteiger partial charge in [-0.2, -0.15) is 0 Å². The first-order valence-electron chi connectivity index (χ1n) is 8.69. The second kappa shape index (κ2) is 8.98. The molecule has 0 spiro atoms. The third-order valence-electron chi connectivity index (χ3n) is 4.22. The number of hydrogen-bond acceptors (Lipinski definition) is 6. The van der Waals surface area contributed by atoms with Crippen LogP contribution in [0.2, 0.25) is 0 Å². The molecule has 0 heterocycles. The summed E-state index contributed by atoms with van der Waals surface area (Å²) in [5.74, 6) is -0.505. The summed E-state index contributed by atoms with van der Waals surface area (Å²) < 4.78 is 25.1. The second-order valence-electron chi connectivity index (χ2n) is 6.04. The van der Waals surface area contributed by atoms with Crippen molar-refractivity contribution in [2.24, 2.45) is 11.5 Å². The summed E-state index contributed by atoms with van der Waals surface area (Å²) in [5.41, 5.74) is 19.1. The van der Waals surface area contributed by atoms with E-state index < -0.39 is 11.7 Å². The molecule has 0 aliphatic carbocycles. The van der Waals surface area contributed by atoms with Crippen LogP contribution in [0.1, 0.15) is 18.9 Å². The summed E-state index contributed by atoms with van der Waals surface area (Å²) in [6.07, 6.45) is 0.757. The standard InChI is InChI=1S/C20H25FN4O3/c1-4-8-25-20(26)19(24)18(23)13-7-5-6-12(17(13)22)16-14(21)9-11(27-2)10-15(16)28-3/h5-7,9-10H,4,8,22-24H2,1-3H3,(H,25,26)/b19-18+. The maximum atomic E-state index is 14.8. The quantitative estimate of drug-likeness (QED) is 0.426. The van der Waals surface area contributed by atoms with Crippen LogP contribution in [-0.4, -0.2) is 26.7 Å². The highest BCUT2D eigenvalue weighted by atomic mass is 19.1. The molecule has 0 saturated heterocycles. The van der Waals surface area contributed by atoms with E-state index in [2.05, 4.69) is 5.32 Å². The molecule has 0 aromatic heterocycles. The smallest absolute Gasteiger partial charge is 0.269 e. The van der Waals surface area contributed by atoms with Crippen LogP contribution in [0.3, 0.4) is 0 Å². The maximum absolute atomic E-state index is 14.8. The molecule has 7 N–H and O–H groups in total. The van der Waals surface area contributed by atoms with Gasteiger partial charge >= 0.3 is 0 Å². The van der Waals surface area contributed by atoms with Gasteiger partial charge in [-0.05, 0) is 6.42 Å². The predicted octanol–water partition coefficient (Wildman–Crippen LogP) is 2.20. The Kier molecular flexibility index (Phi) is 6.70. The minimum atomic E-state index is -0.573. The molecule has 150 valence electrons. The summed E-state index contributed by atoms with van der Waals surface area (Å²) >= 11 is 0. The van der Waals surface area contributed by atoms with Crippen LogP contribution in [0, 0.1) is 5.82 Å². The molecule has 28 heavy (non-hydrogen) atoms. The number of methoxy groups -OCH3 is 2. The first-order valence-corrected chi connectivity index (χ1v) is 8.69. The van der Waals surface area contributed by atoms with Crippen molar-refractivity contribution in [2.75, 3.05) is 26.5 Å². The van der Waals surface area contributed by atoms with Crippen molar-refractivity contribution >= 4 is 17.3 Å². The van der Waals surface area contributed by atoms with Crippen molar-refractivity contribution in [3.8, 4) is 22.6 Å². The van der Waals surface area contributed by atoms with Crippen LogP contribution in [0.15, 0.2) is 36.0 Å². The lowest BCUT2D eigenvalue weighted by molar-refractivity contribution is -0.117. The van der Waals surface area contributed by atoms with Gasteiger partial charge in [0.25, 0.3) is 5.91 Å². The second-order valence-corrected chi connectivity index (χ2v) is 6.04. The zero-order chi connectivity index (χ0) is 20.8. The van der Waals surface area contributed by atoms with E-state index in [0.29, 0.717) is 23.4 Å². The Balaban J connectivity index is 2.60. The van der Waals surface area contributed by atoms with Gasteiger partial charge in [0.05, 0.1) is 25.5 Å². The number of nitrogen functional groups attached to an aromatic ring is 1. The minimum Gasteiger partial charge on any atom is -0.497 e. The largest absolute Gasteiger partial charge is 0.497 e. The summed E-state index contributed by atoms with van der Waals surface area (Å²) in [6.45, 7) is 2.39. The Hall–Kier alpha value is -3.42. The summed E-state index contributed by atoms with van der Waals surface area (Å²) in [4.78, 5) is 12.1. The van der Waals surface area contributed by atoms with Gasteiger partial charge in [0.2, 0.25) is 0 Å². The topological polar surface area (TPSA) is 126 Å². The molecule has 0 saturated carbocycles. The molecule has 2 aromatic carbocycles. The van der Waals surface area contributed by atoms with Gasteiger partial charge in [0.15, 0.2) is 0 Å². The number of nitrogens with two attached hydrogens (primary N) is 3. The maximum Gasteiger partial charge on any atom is 0.269 e. The van der Waals surface area contributed by atoms with E-state index in [1.807, 2.05) is 6.92 Å². The Labute approximate surface area is 163 Å². The predicted molar refractivity (Wildman–Crippen MR) is 108 cm³/mol. The van der Waals surface area contributed by atoms with Gasteiger partial charge in [-0.1, -0.05) is 25.1 Å². The van der Waals surface area contributed by atoms with E-state index in [0.717, 1.165) is 6.42 Å². The minimum absolute atomic E-state index is 0.0147. The van der Waals surface area contributed by atoms with Crippen molar-refractivity contribution in [1.29, 1.82) is 0 Å². The number of anilines is 1. The fraction of sp³-hybridized carbons (Fsp3) is 0.250. The lowest BCUT2D eigenvalue weighted by Crippen LogP contribution is -2.31. The molecule has 2 rings (SSSR count). The number of carbonyl (C=O) groups excluding carboxylic acids is 1. The van der Waals surface area contributed by atoms with Crippen molar-refractivity contribution in [3.05, 3.63) is 47.4 Å². The van der Waals surface area contributed by atoms with Crippen LogP contribution in [0.4, 0.5) is 10.1 Å². The molecule has 2 aromatic rings. The molecular weight excluding hydrogens is 363 g/mol. The van der Waals surface area contributed by atoms with Gasteiger partial charge in [0, 0.05) is 35.5 Å². The first-order chi connectivity index (χ1) is 13.3. The monoisotopic (exact) mass is 388 g/mol. The van der Waals surface area contributed by atoms with Gasteiger partial charge in [0.1, 0.15) is 23.0 Å². The van der Waals surface area contributed by atoms with E-state index in [9.17, 15) is 9.18 Å². The average molecular weight is 388 g/mol. The van der Waals surface area contributed by atoms with E-state index in [1.165, 1.54) is 20.3 Å². The normalized spacial score (nSPS) is 11.6. The van der Waals surface area contributed by atoms with Gasteiger partial charge < -0.3 is 32.0 Å². The molecule has 0 unspecified atom stereocenters. The molecule has 0 atom stereocenters. The molecule has 0 aliphatic rings. The molecule has 1 amide bonds. The highest BCUT2D eigenvalue weighted by molar-refractivity contribution is 6.01. The summed E-state index contributed by atoms with van der Waals surface area (Å²) in [5, 5.41) is 2.65. The fourth-order valence-electron chi connectivity index (χ4n) is 2.72. The van der Waals surface area contributed by atoms with E-state index >= 15 is 0 Å². The van der Waals surface area contributed by atoms with E-state index in [4.69, 9.17) is 26.7 Å². The van der Waals surface area contributed by atoms with Crippen molar-refractivity contribution < 1.29 is 18.7 Å². The Bertz CT molecular complexity index is 913.